The molecule has 0 saturated carbocycles. The van der Waals surface area contributed by atoms with Crippen LogP contribution >= 0.6 is 0 Å². The second kappa shape index (κ2) is 7.06. The predicted octanol–water partition coefficient (Wildman–Crippen LogP) is 0.325. The Hall–Kier alpha value is -1.42. The summed E-state index contributed by atoms with van der Waals surface area (Å²) in [5.41, 5.74) is -0.711. The number of aliphatic hydroxyl groups excluding tert-OH is 3. The number of likely N-dealkylation sites (tertiary alicyclic amines) is 1. The molecule has 1 aromatic rings. The minimum Gasteiger partial charge on any atom is -0.389 e. The lowest BCUT2D eigenvalue weighted by atomic mass is 10.00. The highest BCUT2D eigenvalue weighted by Crippen LogP contribution is 2.32. The van der Waals surface area contributed by atoms with Crippen molar-refractivity contribution in [1.29, 1.82) is 0 Å². The summed E-state index contributed by atoms with van der Waals surface area (Å²) in [6.07, 6.45) is -5.55. The molecule has 2 fully saturated rings. The Kier molecular flexibility index (Phi) is 5.19. The van der Waals surface area contributed by atoms with Gasteiger partial charge in [0.25, 0.3) is 0 Å². The molecule has 0 aromatic carbocycles. The minimum atomic E-state index is -4.39. The molecule has 1 aromatic heterocycles. The number of aliphatic hydroxyl groups is 3. The average molecular weight is 361 g/mol. The number of halogens is 3. The van der Waals surface area contributed by atoms with E-state index in [1.165, 1.54) is 6.20 Å². The van der Waals surface area contributed by atoms with Crippen LogP contribution < -0.4 is 4.90 Å². The summed E-state index contributed by atoms with van der Waals surface area (Å²) in [5, 5.41) is 29.1. The third-order valence-electron chi connectivity index (χ3n) is 4.88. The first-order valence-electron chi connectivity index (χ1n) is 8.29. The van der Waals surface area contributed by atoms with Crippen LogP contribution in [0.3, 0.4) is 0 Å². The van der Waals surface area contributed by atoms with Gasteiger partial charge in [-0.05, 0) is 24.5 Å². The lowest BCUT2D eigenvalue weighted by Crippen LogP contribution is -2.56. The zero-order valence-electron chi connectivity index (χ0n) is 13.6. The fourth-order valence-corrected chi connectivity index (χ4v) is 3.55. The molecular formula is C16H22F3N3O3. The molecule has 9 heteroatoms. The molecule has 6 nitrogen and oxygen atoms in total. The van der Waals surface area contributed by atoms with Crippen LogP contribution in [0.4, 0.5) is 19.0 Å². The van der Waals surface area contributed by atoms with Gasteiger partial charge in [0.05, 0.1) is 17.8 Å². The quantitative estimate of drug-likeness (QED) is 0.720. The van der Waals surface area contributed by atoms with Crippen molar-refractivity contribution in [2.45, 2.75) is 30.9 Å². The standard InChI is InChI=1S/C16H22F3N3O3/c17-16(18,19)11-1-3-20-14(5-11)22-4-2-10(7-22)6-21-8-12(23)15(25)13(24)9-21/h1,3,5,10,12-13,15,23-25H,2,4,6-9H2/t10-,12-,13+,15?/m1/s1. The summed E-state index contributed by atoms with van der Waals surface area (Å²) in [4.78, 5) is 7.76. The maximum absolute atomic E-state index is 12.8. The number of β-amino-alcohol motifs (C(OH)–C–C–N with tert-alkyl or cyclic N) is 2. The van der Waals surface area contributed by atoms with Gasteiger partial charge in [0.1, 0.15) is 11.9 Å². The van der Waals surface area contributed by atoms with E-state index in [2.05, 4.69) is 4.98 Å². The van der Waals surface area contributed by atoms with E-state index in [0.717, 1.165) is 18.6 Å². The first-order valence-corrected chi connectivity index (χ1v) is 8.29. The van der Waals surface area contributed by atoms with E-state index >= 15 is 0 Å². The second-order valence-corrected chi connectivity index (χ2v) is 6.85. The predicted molar refractivity (Wildman–Crippen MR) is 84.0 cm³/mol. The van der Waals surface area contributed by atoms with E-state index in [4.69, 9.17) is 0 Å². The Bertz CT molecular complexity index is 589. The highest BCUT2D eigenvalue weighted by atomic mass is 19.4. The third kappa shape index (κ3) is 4.22. The van der Waals surface area contributed by atoms with Gasteiger partial charge in [-0.3, -0.25) is 4.90 Å². The van der Waals surface area contributed by atoms with Gasteiger partial charge in [-0.25, -0.2) is 4.98 Å². The molecule has 140 valence electrons. The summed E-state index contributed by atoms with van der Waals surface area (Å²) in [6, 6.07) is 2.02. The molecule has 1 unspecified atom stereocenters. The molecule has 2 saturated heterocycles. The van der Waals surface area contributed by atoms with Gasteiger partial charge in [-0.1, -0.05) is 0 Å². The average Bonchev–Trinajstić information content (AvgIpc) is 3.00. The molecule has 0 radical (unpaired) electrons. The number of nitrogens with zero attached hydrogens (tertiary/aromatic N) is 3. The number of aromatic nitrogens is 1. The number of anilines is 1. The highest BCUT2D eigenvalue weighted by Gasteiger charge is 2.36. The lowest BCUT2D eigenvalue weighted by Gasteiger charge is -2.38. The summed E-state index contributed by atoms with van der Waals surface area (Å²) in [6.45, 7) is 2.34. The van der Waals surface area contributed by atoms with E-state index in [-0.39, 0.29) is 19.0 Å². The van der Waals surface area contributed by atoms with Crippen LogP contribution in [0.25, 0.3) is 0 Å². The van der Waals surface area contributed by atoms with Gasteiger partial charge in [-0.2, -0.15) is 13.2 Å². The number of hydrogen-bond donors (Lipinski definition) is 3. The van der Waals surface area contributed by atoms with Gasteiger partial charge in [0.15, 0.2) is 0 Å². The van der Waals surface area contributed by atoms with Gasteiger partial charge in [-0.15, -0.1) is 0 Å². The van der Waals surface area contributed by atoms with Crippen molar-refractivity contribution in [3.63, 3.8) is 0 Å². The van der Waals surface area contributed by atoms with Crippen LogP contribution in [-0.2, 0) is 6.18 Å². The second-order valence-electron chi connectivity index (χ2n) is 6.85. The minimum absolute atomic E-state index is 0.200. The Balaban J connectivity index is 1.59. The largest absolute Gasteiger partial charge is 0.416 e. The van der Waals surface area contributed by atoms with Crippen LogP contribution in [-0.4, -0.2) is 76.2 Å². The van der Waals surface area contributed by atoms with Crippen molar-refractivity contribution in [3.05, 3.63) is 23.9 Å². The highest BCUT2D eigenvalue weighted by molar-refractivity contribution is 5.42. The summed E-state index contributed by atoms with van der Waals surface area (Å²) >= 11 is 0. The molecular weight excluding hydrogens is 339 g/mol. The van der Waals surface area contributed by atoms with E-state index in [1.807, 2.05) is 9.80 Å². The number of rotatable bonds is 3. The fourth-order valence-electron chi connectivity index (χ4n) is 3.55. The monoisotopic (exact) mass is 361 g/mol. The Labute approximate surface area is 143 Å². The first kappa shape index (κ1) is 18.4. The molecule has 0 bridgehead atoms. The van der Waals surface area contributed by atoms with Crippen LogP contribution in [0.15, 0.2) is 18.3 Å². The molecule has 2 aliphatic heterocycles. The number of piperidine rings is 1. The van der Waals surface area contributed by atoms with Gasteiger partial charge in [0, 0.05) is 38.9 Å². The maximum atomic E-state index is 12.8. The van der Waals surface area contributed by atoms with Crippen LogP contribution in [0, 0.1) is 5.92 Å². The maximum Gasteiger partial charge on any atom is 0.416 e. The molecule has 0 spiro atoms. The molecule has 4 atom stereocenters. The van der Waals surface area contributed by atoms with Gasteiger partial charge >= 0.3 is 6.18 Å². The Morgan fingerprint density at radius 3 is 2.44 bits per heavy atom. The van der Waals surface area contributed by atoms with Crippen molar-refractivity contribution in [2.75, 3.05) is 37.6 Å². The Morgan fingerprint density at radius 1 is 1.12 bits per heavy atom. The zero-order valence-corrected chi connectivity index (χ0v) is 13.6. The number of alkyl halides is 3. The summed E-state index contributed by atoms with van der Waals surface area (Å²) in [5.74, 6) is 0.512. The normalized spacial score (nSPS) is 31.5. The first-order chi connectivity index (χ1) is 11.7. The topological polar surface area (TPSA) is 80.1 Å². The molecule has 25 heavy (non-hydrogen) atoms. The molecule has 3 N–H and O–H groups in total. The zero-order chi connectivity index (χ0) is 18.2. The molecule has 3 rings (SSSR count). The van der Waals surface area contributed by atoms with Gasteiger partial charge < -0.3 is 20.2 Å². The van der Waals surface area contributed by atoms with E-state index in [1.54, 1.807) is 0 Å². The van der Waals surface area contributed by atoms with Crippen molar-refractivity contribution in [2.24, 2.45) is 5.92 Å². The van der Waals surface area contributed by atoms with Crippen LogP contribution in [0.5, 0.6) is 0 Å². The van der Waals surface area contributed by atoms with E-state index in [9.17, 15) is 28.5 Å². The summed E-state index contributed by atoms with van der Waals surface area (Å²) in [7, 11) is 0. The third-order valence-corrected chi connectivity index (χ3v) is 4.88. The molecule has 3 heterocycles. The molecule has 0 aliphatic carbocycles. The SMILES string of the molecule is OC1[C@H](O)CN(C[C@H]2CCN(c3cc(C(F)(F)F)ccn3)C2)C[C@@H]1O. The van der Waals surface area contributed by atoms with Crippen LogP contribution in [0.1, 0.15) is 12.0 Å². The smallest absolute Gasteiger partial charge is 0.389 e. The summed E-state index contributed by atoms with van der Waals surface area (Å²) < 4.78 is 38.5. The van der Waals surface area contributed by atoms with E-state index in [0.29, 0.717) is 25.5 Å². The number of hydrogen-bond acceptors (Lipinski definition) is 6. The van der Waals surface area contributed by atoms with Crippen molar-refractivity contribution >= 4 is 5.82 Å². The van der Waals surface area contributed by atoms with Crippen molar-refractivity contribution in [1.82, 2.24) is 9.88 Å². The van der Waals surface area contributed by atoms with Crippen molar-refractivity contribution < 1.29 is 28.5 Å². The Morgan fingerprint density at radius 2 is 1.80 bits per heavy atom. The fraction of sp³-hybridized carbons (Fsp3) is 0.688. The molecule has 0 amide bonds. The molecule has 2 aliphatic rings. The van der Waals surface area contributed by atoms with E-state index < -0.39 is 30.1 Å². The number of pyridine rings is 1. The van der Waals surface area contributed by atoms with Gasteiger partial charge in [0.2, 0.25) is 0 Å². The lowest BCUT2D eigenvalue weighted by molar-refractivity contribution is -0.137. The van der Waals surface area contributed by atoms with Crippen LogP contribution in [0.2, 0.25) is 0 Å². The van der Waals surface area contributed by atoms with Crippen molar-refractivity contribution in [3.8, 4) is 0 Å².